The molecule has 0 fully saturated rings. The Balaban J connectivity index is 1.63. The van der Waals surface area contributed by atoms with E-state index in [1.807, 2.05) is 61.5 Å². The third kappa shape index (κ3) is 5.68. The van der Waals surface area contributed by atoms with E-state index in [4.69, 9.17) is 0 Å². The number of hydrogen-bond acceptors (Lipinski definition) is 4. The molecule has 1 atom stereocenters. The van der Waals surface area contributed by atoms with E-state index in [1.165, 1.54) is 23.9 Å². The average Bonchev–Trinajstić information content (AvgIpc) is 2.74. The Hall–Kier alpha value is -3.12. The molecule has 6 heteroatoms. The first-order valence-corrected chi connectivity index (χ1v) is 10.4. The van der Waals surface area contributed by atoms with Gasteiger partial charge in [0.25, 0.3) is 5.69 Å². The first-order chi connectivity index (χ1) is 14.0. The molecule has 1 N–H and O–H groups in total. The Labute approximate surface area is 174 Å². The summed E-state index contributed by atoms with van der Waals surface area (Å²) in [7, 11) is 0. The van der Waals surface area contributed by atoms with E-state index in [0.29, 0.717) is 11.5 Å². The largest absolute Gasteiger partial charge is 0.344 e. The maximum Gasteiger partial charge on any atom is 0.269 e. The van der Waals surface area contributed by atoms with Crippen molar-refractivity contribution in [2.24, 2.45) is 0 Å². The number of amides is 1. The number of nitro benzene ring substituents is 1. The molecule has 0 radical (unpaired) electrons. The van der Waals surface area contributed by atoms with Crippen LogP contribution in [-0.4, -0.2) is 16.6 Å². The Bertz CT molecular complexity index is 975. The zero-order chi connectivity index (χ0) is 20.6. The highest BCUT2D eigenvalue weighted by Gasteiger charge is 2.18. The number of carbonyl (C=O) groups excluding carboxylic acids is 1. The second-order valence-electron chi connectivity index (χ2n) is 6.68. The van der Waals surface area contributed by atoms with Crippen LogP contribution < -0.4 is 5.32 Å². The Kier molecular flexibility index (Phi) is 7.03. The third-order valence-corrected chi connectivity index (χ3v) is 5.59. The van der Waals surface area contributed by atoms with Gasteiger partial charge in [0.15, 0.2) is 0 Å². The van der Waals surface area contributed by atoms with Crippen LogP contribution >= 0.6 is 11.8 Å². The maximum absolute atomic E-state index is 12.6. The van der Waals surface area contributed by atoms with Gasteiger partial charge in [-0.15, -0.1) is 11.8 Å². The molecule has 0 spiro atoms. The summed E-state index contributed by atoms with van der Waals surface area (Å²) < 4.78 is 0. The highest BCUT2D eigenvalue weighted by atomic mass is 32.2. The SMILES string of the molecule is Cc1ccccc1[C@@H](NC(=O)CSCc1ccc([N+](=O)[O-])cc1)c1ccccc1. The summed E-state index contributed by atoms with van der Waals surface area (Å²) in [6.07, 6.45) is 0. The molecule has 0 bridgehead atoms. The summed E-state index contributed by atoms with van der Waals surface area (Å²) in [5, 5.41) is 13.9. The molecule has 0 aliphatic rings. The fourth-order valence-electron chi connectivity index (χ4n) is 3.07. The summed E-state index contributed by atoms with van der Waals surface area (Å²) in [5.74, 6) is 0.881. The zero-order valence-electron chi connectivity index (χ0n) is 16.1. The first-order valence-electron chi connectivity index (χ1n) is 9.25. The number of hydrogen-bond donors (Lipinski definition) is 1. The van der Waals surface area contributed by atoms with Crippen molar-refractivity contribution in [3.05, 3.63) is 111 Å². The Morgan fingerprint density at radius 3 is 2.31 bits per heavy atom. The minimum absolute atomic E-state index is 0.0472. The van der Waals surface area contributed by atoms with E-state index < -0.39 is 4.92 Å². The number of carbonyl (C=O) groups is 1. The van der Waals surface area contributed by atoms with E-state index in [9.17, 15) is 14.9 Å². The van der Waals surface area contributed by atoms with Gasteiger partial charge in [-0.25, -0.2) is 0 Å². The number of rotatable bonds is 8. The molecule has 0 unspecified atom stereocenters. The fraction of sp³-hybridized carbons (Fsp3) is 0.174. The van der Waals surface area contributed by atoms with Crippen molar-refractivity contribution in [1.29, 1.82) is 0 Å². The van der Waals surface area contributed by atoms with Crippen molar-refractivity contribution in [2.75, 3.05) is 5.75 Å². The quantitative estimate of drug-likeness (QED) is 0.420. The Morgan fingerprint density at radius 2 is 1.66 bits per heavy atom. The van der Waals surface area contributed by atoms with Gasteiger partial charge in [0, 0.05) is 17.9 Å². The van der Waals surface area contributed by atoms with E-state index in [1.54, 1.807) is 12.1 Å². The fourth-order valence-corrected chi connectivity index (χ4v) is 3.87. The molecular formula is C23H22N2O3S. The van der Waals surface area contributed by atoms with E-state index in [2.05, 4.69) is 5.32 Å². The zero-order valence-corrected chi connectivity index (χ0v) is 16.9. The van der Waals surface area contributed by atoms with Gasteiger partial charge in [-0.3, -0.25) is 14.9 Å². The molecule has 3 aromatic carbocycles. The van der Waals surface area contributed by atoms with Gasteiger partial charge >= 0.3 is 0 Å². The highest BCUT2D eigenvalue weighted by Crippen LogP contribution is 2.25. The first kappa shape index (κ1) is 20.6. The van der Waals surface area contributed by atoms with Crippen molar-refractivity contribution in [3.8, 4) is 0 Å². The summed E-state index contributed by atoms with van der Waals surface area (Å²) >= 11 is 1.48. The third-order valence-electron chi connectivity index (χ3n) is 4.59. The predicted octanol–water partition coefficient (Wildman–Crippen LogP) is 5.04. The molecule has 3 rings (SSSR count). The van der Waals surface area contributed by atoms with Gasteiger partial charge in [0.05, 0.1) is 16.7 Å². The molecule has 0 aliphatic heterocycles. The number of non-ortho nitro benzene ring substituents is 1. The van der Waals surface area contributed by atoms with Crippen LogP contribution in [0.2, 0.25) is 0 Å². The summed E-state index contributed by atoms with van der Waals surface area (Å²) in [6, 6.07) is 24.2. The van der Waals surface area contributed by atoms with Crippen LogP contribution in [0.3, 0.4) is 0 Å². The molecular weight excluding hydrogens is 384 g/mol. The van der Waals surface area contributed by atoms with Gasteiger partial charge < -0.3 is 5.32 Å². The van der Waals surface area contributed by atoms with Crippen LogP contribution in [0, 0.1) is 17.0 Å². The molecule has 0 saturated heterocycles. The number of aryl methyl sites for hydroxylation is 1. The predicted molar refractivity (Wildman–Crippen MR) is 117 cm³/mol. The molecule has 5 nitrogen and oxygen atoms in total. The van der Waals surface area contributed by atoms with Crippen molar-refractivity contribution in [2.45, 2.75) is 18.7 Å². The molecule has 3 aromatic rings. The molecule has 0 aromatic heterocycles. The molecule has 0 heterocycles. The number of benzene rings is 3. The van der Waals surface area contributed by atoms with Gasteiger partial charge in [-0.1, -0.05) is 66.7 Å². The van der Waals surface area contributed by atoms with Gasteiger partial charge in [0.2, 0.25) is 5.91 Å². The van der Waals surface area contributed by atoms with Gasteiger partial charge in [-0.2, -0.15) is 0 Å². The highest BCUT2D eigenvalue weighted by molar-refractivity contribution is 7.99. The molecule has 148 valence electrons. The average molecular weight is 407 g/mol. The number of nitro groups is 1. The summed E-state index contributed by atoms with van der Waals surface area (Å²) in [5.41, 5.74) is 4.26. The number of nitrogens with one attached hydrogen (secondary N) is 1. The normalized spacial score (nSPS) is 11.6. The van der Waals surface area contributed by atoms with Crippen LogP contribution in [0.4, 0.5) is 5.69 Å². The van der Waals surface area contributed by atoms with Crippen LogP contribution in [0.25, 0.3) is 0 Å². The monoisotopic (exact) mass is 406 g/mol. The van der Waals surface area contributed by atoms with Crippen molar-refractivity contribution in [3.63, 3.8) is 0 Å². The maximum atomic E-state index is 12.6. The van der Waals surface area contributed by atoms with E-state index in [-0.39, 0.29) is 17.6 Å². The summed E-state index contributed by atoms with van der Waals surface area (Å²) in [4.78, 5) is 22.9. The second-order valence-corrected chi connectivity index (χ2v) is 7.67. The topological polar surface area (TPSA) is 72.2 Å². The number of nitrogens with zero attached hydrogens (tertiary/aromatic N) is 1. The lowest BCUT2D eigenvalue weighted by atomic mass is 9.95. The van der Waals surface area contributed by atoms with E-state index in [0.717, 1.165) is 22.3 Å². The van der Waals surface area contributed by atoms with Gasteiger partial charge in [0.1, 0.15) is 0 Å². The summed E-state index contributed by atoms with van der Waals surface area (Å²) in [6.45, 7) is 2.04. The standard InChI is InChI=1S/C23H22N2O3S/c1-17-7-5-6-10-21(17)23(19-8-3-2-4-9-19)24-22(26)16-29-15-18-11-13-20(14-12-18)25(27)28/h2-14,23H,15-16H2,1H3,(H,24,26)/t23-/m0/s1. The van der Waals surface area contributed by atoms with Crippen molar-refractivity contribution < 1.29 is 9.72 Å². The lowest BCUT2D eigenvalue weighted by Gasteiger charge is -2.21. The van der Waals surface area contributed by atoms with Crippen molar-refractivity contribution >= 4 is 23.4 Å². The van der Waals surface area contributed by atoms with Crippen LogP contribution in [0.5, 0.6) is 0 Å². The van der Waals surface area contributed by atoms with Gasteiger partial charge in [-0.05, 0) is 29.2 Å². The van der Waals surface area contributed by atoms with E-state index >= 15 is 0 Å². The smallest absolute Gasteiger partial charge is 0.269 e. The molecule has 1 amide bonds. The second kappa shape index (κ2) is 9.89. The Morgan fingerprint density at radius 1 is 1.00 bits per heavy atom. The molecule has 0 aliphatic carbocycles. The lowest BCUT2D eigenvalue weighted by Crippen LogP contribution is -2.31. The van der Waals surface area contributed by atoms with Crippen LogP contribution in [0.15, 0.2) is 78.9 Å². The molecule has 0 saturated carbocycles. The minimum atomic E-state index is -0.417. The minimum Gasteiger partial charge on any atom is -0.344 e. The molecule has 29 heavy (non-hydrogen) atoms. The van der Waals surface area contributed by atoms with Crippen molar-refractivity contribution in [1.82, 2.24) is 5.32 Å². The van der Waals surface area contributed by atoms with Crippen LogP contribution in [0.1, 0.15) is 28.3 Å². The number of thioether (sulfide) groups is 1. The van der Waals surface area contributed by atoms with Crippen LogP contribution in [-0.2, 0) is 10.5 Å². The lowest BCUT2D eigenvalue weighted by molar-refractivity contribution is -0.384.